The summed E-state index contributed by atoms with van der Waals surface area (Å²) < 4.78 is 0.733. The van der Waals surface area contributed by atoms with Crippen LogP contribution in [-0.2, 0) is 0 Å². The lowest BCUT2D eigenvalue weighted by Gasteiger charge is -2.09. The molecule has 0 aromatic heterocycles. The zero-order valence-electron chi connectivity index (χ0n) is 9.76. The quantitative estimate of drug-likeness (QED) is 0.911. The summed E-state index contributed by atoms with van der Waals surface area (Å²) >= 11 is 3.31. The standard InChI is InChI=1S/C14H10BrNO3/c15-11-7-3-4-8-12(11)16-13(17)9-5-1-2-6-10(9)14(18)19/h1-8H,(H,16,17)(H,18,19). The minimum absolute atomic E-state index is 0.0212. The average molecular weight is 320 g/mol. The van der Waals surface area contributed by atoms with Crippen molar-refractivity contribution in [2.45, 2.75) is 0 Å². The van der Waals surface area contributed by atoms with Gasteiger partial charge in [0.25, 0.3) is 5.91 Å². The van der Waals surface area contributed by atoms with Gasteiger partial charge in [-0.3, -0.25) is 4.79 Å². The van der Waals surface area contributed by atoms with Gasteiger partial charge < -0.3 is 10.4 Å². The Hall–Kier alpha value is -2.14. The van der Waals surface area contributed by atoms with Crippen LogP contribution in [0.5, 0.6) is 0 Å². The van der Waals surface area contributed by atoms with Gasteiger partial charge in [-0.05, 0) is 40.2 Å². The molecule has 0 bridgehead atoms. The van der Waals surface area contributed by atoms with E-state index in [4.69, 9.17) is 5.11 Å². The van der Waals surface area contributed by atoms with Gasteiger partial charge in [0, 0.05) is 4.47 Å². The fraction of sp³-hybridized carbons (Fsp3) is 0. The Morgan fingerprint density at radius 1 is 0.947 bits per heavy atom. The van der Waals surface area contributed by atoms with Gasteiger partial charge in [0.15, 0.2) is 0 Å². The number of carbonyl (C=O) groups excluding carboxylic acids is 1. The zero-order valence-corrected chi connectivity index (χ0v) is 11.3. The number of carboxylic acids is 1. The van der Waals surface area contributed by atoms with Crippen LogP contribution in [0.3, 0.4) is 0 Å². The monoisotopic (exact) mass is 319 g/mol. The largest absolute Gasteiger partial charge is 0.478 e. The van der Waals surface area contributed by atoms with Gasteiger partial charge in [0.1, 0.15) is 0 Å². The number of rotatable bonds is 3. The predicted octanol–water partition coefficient (Wildman–Crippen LogP) is 3.40. The molecule has 5 heteroatoms. The molecule has 0 spiro atoms. The highest BCUT2D eigenvalue weighted by Crippen LogP contribution is 2.22. The van der Waals surface area contributed by atoms with Crippen molar-refractivity contribution in [1.82, 2.24) is 0 Å². The Balaban J connectivity index is 2.31. The molecule has 2 rings (SSSR count). The van der Waals surface area contributed by atoms with Crippen molar-refractivity contribution in [2.75, 3.05) is 5.32 Å². The molecule has 0 fully saturated rings. The van der Waals surface area contributed by atoms with Crippen molar-refractivity contribution in [2.24, 2.45) is 0 Å². The van der Waals surface area contributed by atoms with Crippen molar-refractivity contribution < 1.29 is 14.7 Å². The second-order valence-corrected chi connectivity index (χ2v) is 4.64. The summed E-state index contributed by atoms with van der Waals surface area (Å²) in [6, 6.07) is 13.2. The van der Waals surface area contributed by atoms with Crippen LogP contribution in [0.25, 0.3) is 0 Å². The number of amides is 1. The number of para-hydroxylation sites is 1. The zero-order chi connectivity index (χ0) is 13.8. The van der Waals surface area contributed by atoms with E-state index < -0.39 is 11.9 Å². The smallest absolute Gasteiger partial charge is 0.336 e. The first kappa shape index (κ1) is 13.3. The first-order valence-electron chi connectivity index (χ1n) is 5.48. The first-order valence-corrected chi connectivity index (χ1v) is 6.27. The summed E-state index contributed by atoms with van der Waals surface area (Å²) in [5.41, 5.74) is 0.700. The fourth-order valence-electron chi connectivity index (χ4n) is 1.62. The lowest BCUT2D eigenvalue weighted by atomic mass is 10.1. The van der Waals surface area contributed by atoms with Crippen LogP contribution < -0.4 is 5.32 Å². The van der Waals surface area contributed by atoms with E-state index in [1.54, 1.807) is 30.3 Å². The Bertz CT molecular complexity index is 640. The molecule has 96 valence electrons. The summed E-state index contributed by atoms with van der Waals surface area (Å²) in [4.78, 5) is 23.2. The predicted molar refractivity (Wildman–Crippen MR) is 75.5 cm³/mol. The number of aromatic carboxylic acids is 1. The molecule has 1 amide bonds. The fourth-order valence-corrected chi connectivity index (χ4v) is 2.00. The van der Waals surface area contributed by atoms with Crippen LogP contribution in [0.15, 0.2) is 53.0 Å². The molecule has 19 heavy (non-hydrogen) atoms. The highest BCUT2D eigenvalue weighted by atomic mass is 79.9. The number of hydrogen-bond donors (Lipinski definition) is 2. The summed E-state index contributed by atoms with van der Waals surface area (Å²) in [6.07, 6.45) is 0. The molecule has 0 heterocycles. The van der Waals surface area contributed by atoms with E-state index in [0.717, 1.165) is 4.47 Å². The highest BCUT2D eigenvalue weighted by molar-refractivity contribution is 9.10. The lowest BCUT2D eigenvalue weighted by molar-refractivity contribution is 0.0692. The van der Waals surface area contributed by atoms with Gasteiger partial charge in [-0.1, -0.05) is 24.3 Å². The minimum Gasteiger partial charge on any atom is -0.478 e. The maximum Gasteiger partial charge on any atom is 0.336 e. The number of nitrogens with one attached hydrogen (secondary N) is 1. The van der Waals surface area contributed by atoms with Crippen LogP contribution >= 0.6 is 15.9 Å². The molecule has 0 saturated heterocycles. The van der Waals surface area contributed by atoms with E-state index in [1.165, 1.54) is 12.1 Å². The van der Waals surface area contributed by atoms with Crippen LogP contribution in [0.2, 0.25) is 0 Å². The molecule has 0 atom stereocenters. The van der Waals surface area contributed by atoms with E-state index in [9.17, 15) is 9.59 Å². The van der Waals surface area contributed by atoms with Crippen molar-refractivity contribution in [3.63, 3.8) is 0 Å². The third-order valence-corrected chi connectivity index (χ3v) is 3.22. The molecule has 0 saturated carbocycles. The number of anilines is 1. The molecule has 0 aliphatic rings. The third kappa shape index (κ3) is 3.00. The molecular weight excluding hydrogens is 310 g/mol. The maximum absolute atomic E-state index is 12.1. The van der Waals surface area contributed by atoms with Gasteiger partial charge in [0.2, 0.25) is 0 Å². The Labute approximate surface area is 118 Å². The Morgan fingerprint density at radius 2 is 1.53 bits per heavy atom. The van der Waals surface area contributed by atoms with E-state index in [1.807, 2.05) is 6.07 Å². The topological polar surface area (TPSA) is 66.4 Å². The van der Waals surface area contributed by atoms with Gasteiger partial charge in [-0.25, -0.2) is 4.79 Å². The Morgan fingerprint density at radius 3 is 2.16 bits per heavy atom. The van der Waals surface area contributed by atoms with Crippen molar-refractivity contribution in [3.8, 4) is 0 Å². The van der Waals surface area contributed by atoms with Crippen molar-refractivity contribution in [1.29, 1.82) is 0 Å². The molecule has 4 nitrogen and oxygen atoms in total. The summed E-state index contributed by atoms with van der Waals surface area (Å²) in [5, 5.41) is 11.7. The van der Waals surface area contributed by atoms with E-state index in [2.05, 4.69) is 21.2 Å². The summed E-state index contributed by atoms with van der Waals surface area (Å²) in [6.45, 7) is 0. The second kappa shape index (κ2) is 5.67. The van der Waals surface area contributed by atoms with Gasteiger partial charge in [-0.2, -0.15) is 0 Å². The van der Waals surface area contributed by atoms with Gasteiger partial charge in [-0.15, -0.1) is 0 Å². The number of benzene rings is 2. The van der Waals surface area contributed by atoms with Gasteiger partial charge >= 0.3 is 5.97 Å². The van der Waals surface area contributed by atoms with Crippen molar-refractivity contribution >= 4 is 33.5 Å². The lowest BCUT2D eigenvalue weighted by Crippen LogP contribution is -2.16. The number of halogens is 1. The third-order valence-electron chi connectivity index (χ3n) is 2.52. The molecular formula is C14H10BrNO3. The molecule has 0 aliphatic carbocycles. The maximum atomic E-state index is 12.1. The molecule has 2 N–H and O–H groups in total. The molecule has 2 aromatic carbocycles. The van der Waals surface area contributed by atoms with E-state index >= 15 is 0 Å². The number of carboxylic acid groups (broad SMARTS) is 1. The normalized spacial score (nSPS) is 9.95. The van der Waals surface area contributed by atoms with E-state index in [0.29, 0.717) is 5.69 Å². The molecule has 0 unspecified atom stereocenters. The van der Waals surface area contributed by atoms with Gasteiger partial charge in [0.05, 0.1) is 16.8 Å². The summed E-state index contributed by atoms with van der Waals surface area (Å²) in [5.74, 6) is -1.58. The molecule has 2 aromatic rings. The SMILES string of the molecule is O=C(O)c1ccccc1C(=O)Nc1ccccc1Br. The van der Waals surface area contributed by atoms with Crippen LogP contribution in [0.4, 0.5) is 5.69 Å². The number of carbonyl (C=O) groups is 2. The average Bonchev–Trinajstić information content (AvgIpc) is 2.41. The highest BCUT2D eigenvalue weighted by Gasteiger charge is 2.16. The van der Waals surface area contributed by atoms with Crippen LogP contribution in [0.1, 0.15) is 20.7 Å². The van der Waals surface area contributed by atoms with Crippen LogP contribution in [0, 0.1) is 0 Å². The van der Waals surface area contributed by atoms with E-state index in [-0.39, 0.29) is 11.1 Å². The summed E-state index contributed by atoms with van der Waals surface area (Å²) in [7, 11) is 0. The first-order chi connectivity index (χ1) is 9.09. The van der Waals surface area contributed by atoms with Crippen LogP contribution in [-0.4, -0.2) is 17.0 Å². The second-order valence-electron chi connectivity index (χ2n) is 3.78. The molecule has 0 aliphatic heterocycles. The van der Waals surface area contributed by atoms with Crippen molar-refractivity contribution in [3.05, 3.63) is 64.1 Å². The molecule has 0 radical (unpaired) electrons. The minimum atomic E-state index is -1.13. The Kier molecular flexibility index (Phi) is 3.97. The number of hydrogen-bond acceptors (Lipinski definition) is 2.